The van der Waals surface area contributed by atoms with Crippen LogP contribution in [0.2, 0.25) is 0 Å². The van der Waals surface area contributed by atoms with E-state index in [0.717, 1.165) is 13.2 Å². The number of hydrogen-bond acceptors (Lipinski definition) is 4. The number of rotatable bonds is 4. The second-order valence-corrected chi connectivity index (χ2v) is 3.22. The number of nitrogens with two attached hydrogens (primary N) is 2. The molecule has 0 aromatic heterocycles. The Balaban J connectivity index is 2.31. The minimum absolute atomic E-state index is 0.244. The molecule has 0 radical (unpaired) electrons. The molecule has 0 saturated carbocycles. The highest BCUT2D eigenvalue weighted by molar-refractivity contribution is 5.73. The quantitative estimate of drug-likeness (QED) is 0.562. The molecule has 76 valence electrons. The van der Waals surface area contributed by atoms with Crippen molar-refractivity contribution in [2.45, 2.75) is 12.5 Å². The molecular weight excluding hydrogens is 170 g/mol. The van der Waals surface area contributed by atoms with E-state index < -0.39 is 0 Å². The highest BCUT2D eigenvalue weighted by Gasteiger charge is 2.21. The molecule has 0 bridgehead atoms. The number of nitrogens with zero attached hydrogens (tertiary/aromatic N) is 1. The third-order valence-electron chi connectivity index (χ3n) is 2.27. The molecule has 1 unspecified atom stereocenters. The van der Waals surface area contributed by atoms with Crippen LogP contribution in [-0.4, -0.2) is 49.7 Å². The molecule has 0 aromatic rings. The topological polar surface area (TPSA) is 81.6 Å². The van der Waals surface area contributed by atoms with E-state index in [9.17, 15) is 4.79 Å². The van der Waals surface area contributed by atoms with Crippen molar-refractivity contribution >= 4 is 5.91 Å². The molecule has 4 N–H and O–H groups in total. The molecular formula is C8H17N3O2. The first-order valence-corrected chi connectivity index (χ1v) is 4.54. The van der Waals surface area contributed by atoms with E-state index in [1.165, 1.54) is 0 Å². The van der Waals surface area contributed by atoms with Crippen LogP contribution < -0.4 is 11.5 Å². The highest BCUT2D eigenvalue weighted by atomic mass is 16.5. The molecule has 0 aliphatic carbocycles. The molecule has 5 nitrogen and oxygen atoms in total. The van der Waals surface area contributed by atoms with Gasteiger partial charge in [-0.05, 0) is 0 Å². The first-order chi connectivity index (χ1) is 6.24. The van der Waals surface area contributed by atoms with Gasteiger partial charge in [-0.3, -0.25) is 9.69 Å². The molecule has 13 heavy (non-hydrogen) atoms. The van der Waals surface area contributed by atoms with Crippen LogP contribution >= 0.6 is 0 Å². The third-order valence-corrected chi connectivity index (χ3v) is 2.27. The predicted octanol–water partition coefficient (Wildman–Crippen LogP) is -1.48. The van der Waals surface area contributed by atoms with Gasteiger partial charge >= 0.3 is 0 Å². The minimum Gasteiger partial charge on any atom is -0.378 e. The molecule has 0 spiro atoms. The summed E-state index contributed by atoms with van der Waals surface area (Å²) in [6, 6.07) is 0.244. The number of carbonyl (C=O) groups excluding carboxylic acids is 1. The van der Waals surface area contributed by atoms with E-state index in [1.54, 1.807) is 0 Å². The van der Waals surface area contributed by atoms with Crippen LogP contribution in [0.15, 0.2) is 0 Å². The van der Waals surface area contributed by atoms with Crippen LogP contribution in [0, 0.1) is 0 Å². The number of ether oxygens (including phenoxy) is 1. The predicted molar refractivity (Wildman–Crippen MR) is 49.0 cm³/mol. The standard InChI is InChI=1S/C8H17N3O2/c9-5-7-6-13-4-3-11(7)2-1-8(10)12/h7H,1-6,9H2,(H2,10,12). The zero-order valence-corrected chi connectivity index (χ0v) is 7.74. The maximum absolute atomic E-state index is 10.6. The van der Waals surface area contributed by atoms with E-state index in [4.69, 9.17) is 16.2 Å². The Hall–Kier alpha value is -0.650. The second-order valence-electron chi connectivity index (χ2n) is 3.22. The van der Waals surface area contributed by atoms with Gasteiger partial charge in [-0.1, -0.05) is 0 Å². The summed E-state index contributed by atoms with van der Waals surface area (Å²) < 4.78 is 5.27. The van der Waals surface area contributed by atoms with Crippen LogP contribution in [0.25, 0.3) is 0 Å². The molecule has 1 saturated heterocycles. The van der Waals surface area contributed by atoms with Gasteiger partial charge < -0.3 is 16.2 Å². The monoisotopic (exact) mass is 187 g/mol. The van der Waals surface area contributed by atoms with Gasteiger partial charge in [-0.15, -0.1) is 0 Å². The molecule has 1 amide bonds. The normalized spacial score (nSPS) is 24.5. The summed E-state index contributed by atoms with van der Waals surface area (Å²) in [6.45, 7) is 3.49. The summed E-state index contributed by atoms with van der Waals surface area (Å²) in [5, 5.41) is 0. The Morgan fingerprint density at radius 1 is 1.62 bits per heavy atom. The van der Waals surface area contributed by atoms with Crippen LogP contribution in [0.4, 0.5) is 0 Å². The number of amides is 1. The summed E-state index contributed by atoms with van der Waals surface area (Å²) in [5.41, 5.74) is 10.6. The fourth-order valence-corrected chi connectivity index (χ4v) is 1.45. The third kappa shape index (κ3) is 3.30. The van der Waals surface area contributed by atoms with Gasteiger partial charge in [0.15, 0.2) is 0 Å². The lowest BCUT2D eigenvalue weighted by Gasteiger charge is -2.34. The van der Waals surface area contributed by atoms with Crippen LogP contribution in [0.3, 0.4) is 0 Å². The maximum atomic E-state index is 10.6. The van der Waals surface area contributed by atoms with Crippen molar-refractivity contribution in [1.82, 2.24) is 4.90 Å². The average molecular weight is 187 g/mol. The van der Waals surface area contributed by atoms with Crippen molar-refractivity contribution in [3.8, 4) is 0 Å². The molecule has 1 heterocycles. The van der Waals surface area contributed by atoms with Crippen molar-refractivity contribution in [2.24, 2.45) is 11.5 Å². The Labute approximate surface area is 78.0 Å². The molecule has 1 rings (SSSR count). The van der Waals surface area contributed by atoms with E-state index in [2.05, 4.69) is 4.90 Å². The molecule has 1 aliphatic rings. The molecule has 0 aromatic carbocycles. The van der Waals surface area contributed by atoms with E-state index in [-0.39, 0.29) is 11.9 Å². The lowest BCUT2D eigenvalue weighted by atomic mass is 10.2. The smallest absolute Gasteiger partial charge is 0.218 e. The summed E-state index contributed by atoms with van der Waals surface area (Å²) in [6.07, 6.45) is 0.399. The minimum atomic E-state index is -0.262. The highest BCUT2D eigenvalue weighted by Crippen LogP contribution is 2.05. The van der Waals surface area contributed by atoms with Gasteiger partial charge in [-0.25, -0.2) is 0 Å². The van der Waals surface area contributed by atoms with Crippen molar-refractivity contribution in [2.75, 3.05) is 32.8 Å². The number of primary amides is 1. The summed E-state index contributed by atoms with van der Waals surface area (Å²) >= 11 is 0. The summed E-state index contributed by atoms with van der Waals surface area (Å²) in [5.74, 6) is -0.262. The van der Waals surface area contributed by atoms with Crippen LogP contribution in [0.1, 0.15) is 6.42 Å². The number of morpholine rings is 1. The van der Waals surface area contributed by atoms with Crippen molar-refractivity contribution in [3.63, 3.8) is 0 Å². The van der Waals surface area contributed by atoms with E-state index in [0.29, 0.717) is 26.1 Å². The van der Waals surface area contributed by atoms with E-state index in [1.807, 2.05) is 0 Å². The summed E-state index contributed by atoms with van der Waals surface area (Å²) in [7, 11) is 0. The molecule has 1 aliphatic heterocycles. The SMILES string of the molecule is NCC1COCCN1CCC(N)=O. The zero-order valence-electron chi connectivity index (χ0n) is 7.74. The van der Waals surface area contributed by atoms with Crippen LogP contribution in [-0.2, 0) is 9.53 Å². The number of hydrogen-bond donors (Lipinski definition) is 2. The van der Waals surface area contributed by atoms with Crippen LogP contribution in [0.5, 0.6) is 0 Å². The Bertz CT molecular complexity index is 175. The largest absolute Gasteiger partial charge is 0.378 e. The first kappa shape index (κ1) is 10.4. The average Bonchev–Trinajstić information content (AvgIpc) is 2.15. The van der Waals surface area contributed by atoms with Crippen molar-refractivity contribution in [3.05, 3.63) is 0 Å². The Morgan fingerprint density at radius 2 is 2.38 bits per heavy atom. The molecule has 1 fully saturated rings. The van der Waals surface area contributed by atoms with Gasteiger partial charge in [0, 0.05) is 32.1 Å². The zero-order chi connectivity index (χ0) is 9.68. The van der Waals surface area contributed by atoms with Gasteiger partial charge in [0.05, 0.1) is 13.2 Å². The lowest BCUT2D eigenvalue weighted by molar-refractivity contribution is -0.118. The Morgan fingerprint density at radius 3 is 3.00 bits per heavy atom. The van der Waals surface area contributed by atoms with Gasteiger partial charge in [0.2, 0.25) is 5.91 Å². The Kier molecular flexibility index (Phi) is 4.14. The van der Waals surface area contributed by atoms with Crippen molar-refractivity contribution in [1.29, 1.82) is 0 Å². The number of carbonyl (C=O) groups is 1. The summed E-state index contributed by atoms with van der Waals surface area (Å²) in [4.78, 5) is 12.7. The fraction of sp³-hybridized carbons (Fsp3) is 0.875. The first-order valence-electron chi connectivity index (χ1n) is 4.54. The molecule has 5 heteroatoms. The van der Waals surface area contributed by atoms with Gasteiger partial charge in [-0.2, -0.15) is 0 Å². The second kappa shape index (κ2) is 5.16. The molecule has 1 atom stereocenters. The lowest BCUT2D eigenvalue weighted by Crippen LogP contribution is -2.50. The maximum Gasteiger partial charge on any atom is 0.218 e. The fourth-order valence-electron chi connectivity index (χ4n) is 1.45. The van der Waals surface area contributed by atoms with E-state index >= 15 is 0 Å². The van der Waals surface area contributed by atoms with Gasteiger partial charge in [0.25, 0.3) is 0 Å². The van der Waals surface area contributed by atoms with Crippen molar-refractivity contribution < 1.29 is 9.53 Å². The van der Waals surface area contributed by atoms with Gasteiger partial charge in [0.1, 0.15) is 0 Å².